The number of nitrogens with one attached hydrogen (secondary N) is 1. The molecule has 9 heteroatoms. The van der Waals surface area contributed by atoms with Gasteiger partial charge in [-0.1, -0.05) is 60.2 Å². The fourth-order valence-electron chi connectivity index (χ4n) is 4.48. The SMILES string of the molecule is Cc1ccc(S(=O)(=O)N[C@H](Cc2ccccc2)C(=O)Oc2ccc3c(=O)c(-c4ccc(F)cc4)c(C)oc3c2)cc1. The summed E-state index contributed by atoms with van der Waals surface area (Å²) in [4.78, 5) is 26.6. The molecule has 0 saturated carbocycles. The number of rotatable bonds is 8. The third-order valence-electron chi connectivity index (χ3n) is 6.59. The van der Waals surface area contributed by atoms with Gasteiger partial charge in [0.15, 0.2) is 0 Å². The molecule has 0 radical (unpaired) electrons. The molecular formula is C32H26FNO6S. The van der Waals surface area contributed by atoms with E-state index in [1.807, 2.05) is 13.0 Å². The van der Waals surface area contributed by atoms with Crippen molar-refractivity contribution in [2.75, 3.05) is 0 Å². The Bertz CT molecular complexity index is 1880. The van der Waals surface area contributed by atoms with Gasteiger partial charge < -0.3 is 9.15 Å². The first kappa shape index (κ1) is 27.9. The first-order valence-corrected chi connectivity index (χ1v) is 14.3. The third-order valence-corrected chi connectivity index (χ3v) is 8.07. The smallest absolute Gasteiger partial charge is 0.329 e. The Balaban J connectivity index is 1.44. The van der Waals surface area contributed by atoms with Crippen LogP contribution >= 0.6 is 0 Å². The van der Waals surface area contributed by atoms with Crippen LogP contribution in [0.25, 0.3) is 22.1 Å². The Kier molecular flexibility index (Phi) is 7.83. The molecule has 4 aromatic carbocycles. The lowest BCUT2D eigenvalue weighted by molar-refractivity contribution is -0.136. The summed E-state index contributed by atoms with van der Waals surface area (Å²) in [6.45, 7) is 3.46. The molecule has 1 N–H and O–H groups in total. The minimum absolute atomic E-state index is 0.0221. The fourth-order valence-corrected chi connectivity index (χ4v) is 5.67. The van der Waals surface area contributed by atoms with Crippen LogP contribution in [-0.2, 0) is 21.2 Å². The number of hydrogen-bond acceptors (Lipinski definition) is 6. The van der Waals surface area contributed by atoms with Crippen LogP contribution in [0.4, 0.5) is 4.39 Å². The second-order valence-electron chi connectivity index (χ2n) is 9.62. The van der Waals surface area contributed by atoms with E-state index in [0.29, 0.717) is 16.9 Å². The average molecular weight is 572 g/mol. The summed E-state index contributed by atoms with van der Waals surface area (Å²) >= 11 is 0. The van der Waals surface area contributed by atoms with Crippen molar-refractivity contribution in [2.45, 2.75) is 31.2 Å². The van der Waals surface area contributed by atoms with E-state index < -0.39 is 27.9 Å². The van der Waals surface area contributed by atoms with Gasteiger partial charge in [-0.2, -0.15) is 4.72 Å². The number of ether oxygens (including phenoxy) is 1. The molecule has 0 aliphatic heterocycles. The Morgan fingerprint density at radius 1 is 0.927 bits per heavy atom. The maximum absolute atomic E-state index is 13.4. The normalized spacial score (nSPS) is 12.3. The van der Waals surface area contributed by atoms with Gasteiger partial charge in [-0.15, -0.1) is 0 Å². The van der Waals surface area contributed by atoms with Gasteiger partial charge >= 0.3 is 5.97 Å². The van der Waals surface area contributed by atoms with Crippen LogP contribution in [0.5, 0.6) is 5.75 Å². The third kappa shape index (κ3) is 6.26. The summed E-state index contributed by atoms with van der Waals surface area (Å²) in [6, 6.07) is 23.9. The monoisotopic (exact) mass is 571 g/mol. The van der Waals surface area contributed by atoms with E-state index in [2.05, 4.69) is 4.72 Å². The van der Waals surface area contributed by atoms with Crippen LogP contribution in [0.15, 0.2) is 111 Å². The van der Waals surface area contributed by atoms with E-state index in [0.717, 1.165) is 11.1 Å². The predicted molar refractivity (Wildman–Crippen MR) is 154 cm³/mol. The molecule has 1 aromatic heterocycles. The van der Waals surface area contributed by atoms with Crippen molar-refractivity contribution in [3.05, 3.63) is 130 Å². The van der Waals surface area contributed by atoms with Crippen LogP contribution < -0.4 is 14.9 Å². The van der Waals surface area contributed by atoms with E-state index in [1.165, 1.54) is 54.6 Å². The molecule has 0 saturated heterocycles. The van der Waals surface area contributed by atoms with E-state index in [1.54, 1.807) is 43.3 Å². The van der Waals surface area contributed by atoms with E-state index in [-0.39, 0.29) is 33.5 Å². The molecule has 0 unspecified atom stereocenters. The topological polar surface area (TPSA) is 103 Å². The van der Waals surface area contributed by atoms with Gasteiger partial charge in [-0.25, -0.2) is 17.6 Å². The first-order valence-electron chi connectivity index (χ1n) is 12.8. The molecule has 7 nitrogen and oxygen atoms in total. The van der Waals surface area contributed by atoms with Crippen molar-refractivity contribution in [1.29, 1.82) is 0 Å². The Morgan fingerprint density at radius 2 is 1.61 bits per heavy atom. The standard InChI is InChI=1S/C32H26FNO6S/c1-20-8-15-26(16-9-20)41(37,38)34-28(18-22-6-4-3-5-7-22)32(36)40-25-14-17-27-29(19-25)39-21(2)30(31(27)35)23-10-12-24(33)13-11-23/h3-17,19,28,34H,18H2,1-2H3/t28-/m1/s1. The number of fused-ring (bicyclic) bond motifs is 1. The number of benzene rings is 4. The summed E-state index contributed by atoms with van der Waals surface area (Å²) in [6.07, 6.45) is 0.0492. The molecule has 0 bridgehead atoms. The van der Waals surface area contributed by atoms with Crippen molar-refractivity contribution >= 4 is 27.0 Å². The lowest BCUT2D eigenvalue weighted by Gasteiger charge is -2.18. The number of carbonyl (C=O) groups excluding carboxylic acids is 1. The molecule has 0 amide bonds. The maximum Gasteiger partial charge on any atom is 0.329 e. The molecule has 5 aromatic rings. The summed E-state index contributed by atoms with van der Waals surface area (Å²) in [5, 5.41) is 0.246. The highest BCUT2D eigenvalue weighted by atomic mass is 32.2. The highest BCUT2D eigenvalue weighted by Gasteiger charge is 2.28. The van der Waals surface area contributed by atoms with Gasteiger partial charge in [0.05, 0.1) is 15.8 Å². The first-order chi connectivity index (χ1) is 19.6. The molecule has 208 valence electrons. The molecule has 5 rings (SSSR count). The number of esters is 1. The Morgan fingerprint density at radius 3 is 2.29 bits per heavy atom. The van der Waals surface area contributed by atoms with Crippen molar-refractivity contribution in [1.82, 2.24) is 4.72 Å². The number of carbonyl (C=O) groups is 1. The second-order valence-corrected chi connectivity index (χ2v) is 11.3. The van der Waals surface area contributed by atoms with E-state index >= 15 is 0 Å². The Hall–Kier alpha value is -4.60. The van der Waals surface area contributed by atoms with Gasteiger partial charge in [0, 0.05) is 6.07 Å². The Labute approximate surface area is 236 Å². The van der Waals surface area contributed by atoms with Crippen LogP contribution in [0, 0.1) is 19.7 Å². The largest absolute Gasteiger partial charge is 0.460 e. The number of aryl methyl sites for hydroxylation is 2. The summed E-state index contributed by atoms with van der Waals surface area (Å²) in [5.41, 5.74) is 2.31. The van der Waals surface area contributed by atoms with E-state index in [4.69, 9.17) is 9.15 Å². The second kappa shape index (κ2) is 11.5. The minimum Gasteiger partial charge on any atom is -0.460 e. The maximum atomic E-state index is 13.4. The molecule has 1 heterocycles. The molecular weight excluding hydrogens is 545 g/mol. The zero-order valence-electron chi connectivity index (χ0n) is 22.3. The van der Waals surface area contributed by atoms with E-state index in [9.17, 15) is 22.4 Å². The summed E-state index contributed by atoms with van der Waals surface area (Å²) < 4.78 is 53.6. The molecule has 0 aliphatic carbocycles. The van der Waals surface area contributed by atoms with Crippen molar-refractivity contribution in [3.63, 3.8) is 0 Å². The summed E-state index contributed by atoms with van der Waals surface area (Å²) in [7, 11) is -4.05. The van der Waals surface area contributed by atoms with Crippen molar-refractivity contribution < 1.29 is 26.8 Å². The minimum atomic E-state index is -4.05. The van der Waals surface area contributed by atoms with Crippen molar-refractivity contribution in [2.24, 2.45) is 0 Å². The van der Waals surface area contributed by atoms with Crippen LogP contribution in [-0.4, -0.2) is 20.4 Å². The zero-order valence-corrected chi connectivity index (χ0v) is 23.1. The quantitative estimate of drug-likeness (QED) is 0.189. The average Bonchev–Trinajstić information content (AvgIpc) is 2.94. The fraction of sp³-hybridized carbons (Fsp3) is 0.125. The lowest BCUT2D eigenvalue weighted by Crippen LogP contribution is -2.44. The number of halogens is 1. The van der Waals surface area contributed by atoms with Crippen LogP contribution in [0.1, 0.15) is 16.9 Å². The zero-order chi connectivity index (χ0) is 29.1. The highest BCUT2D eigenvalue weighted by molar-refractivity contribution is 7.89. The highest BCUT2D eigenvalue weighted by Crippen LogP contribution is 2.27. The van der Waals surface area contributed by atoms with Crippen molar-refractivity contribution in [3.8, 4) is 16.9 Å². The molecule has 0 spiro atoms. The van der Waals surface area contributed by atoms with Crippen LogP contribution in [0.2, 0.25) is 0 Å². The molecule has 1 atom stereocenters. The molecule has 0 aliphatic rings. The van der Waals surface area contributed by atoms with Gasteiger partial charge in [0.2, 0.25) is 15.5 Å². The number of sulfonamides is 1. The van der Waals surface area contributed by atoms with Gasteiger partial charge in [-0.3, -0.25) is 4.79 Å². The van der Waals surface area contributed by atoms with Gasteiger partial charge in [0.1, 0.15) is 29.0 Å². The number of hydrogen-bond donors (Lipinski definition) is 1. The predicted octanol–water partition coefficient (Wildman–Crippen LogP) is 5.71. The van der Waals surface area contributed by atoms with Gasteiger partial charge in [-0.05, 0) is 67.8 Å². The van der Waals surface area contributed by atoms with Gasteiger partial charge in [0.25, 0.3) is 0 Å². The van der Waals surface area contributed by atoms with Crippen LogP contribution in [0.3, 0.4) is 0 Å². The molecule has 0 fully saturated rings. The lowest BCUT2D eigenvalue weighted by atomic mass is 10.0. The molecule has 41 heavy (non-hydrogen) atoms. The summed E-state index contributed by atoms with van der Waals surface area (Å²) in [5.74, 6) is -0.863.